The molecule has 1 N–H and O–H groups in total. The summed E-state index contributed by atoms with van der Waals surface area (Å²) >= 11 is 0. The number of halogens is 4. The van der Waals surface area contributed by atoms with E-state index < -0.39 is 24.1 Å². The van der Waals surface area contributed by atoms with Crippen LogP contribution < -0.4 is 5.32 Å². The fourth-order valence-corrected chi connectivity index (χ4v) is 6.80. The summed E-state index contributed by atoms with van der Waals surface area (Å²) in [5.41, 5.74) is 1.72. The molecule has 3 aliphatic heterocycles. The van der Waals surface area contributed by atoms with Gasteiger partial charge in [0.05, 0.1) is 17.8 Å². The Bertz CT molecular complexity index is 1610. The number of nitrogens with one attached hydrogen (secondary N) is 1. The molecule has 0 bridgehead atoms. The number of alkyl halides is 2. The molecule has 4 aromatic rings. The van der Waals surface area contributed by atoms with Gasteiger partial charge in [-0.2, -0.15) is 0 Å². The van der Waals surface area contributed by atoms with Gasteiger partial charge in [0.25, 0.3) is 6.43 Å². The average Bonchev–Trinajstić information content (AvgIpc) is 3.55. The van der Waals surface area contributed by atoms with Crippen molar-refractivity contribution in [2.75, 3.05) is 38.0 Å². The molecule has 0 radical (unpaired) electrons. The Morgan fingerprint density at radius 1 is 1.00 bits per heavy atom. The highest BCUT2D eigenvalue weighted by atomic mass is 19.3. The Balaban J connectivity index is 1.05. The summed E-state index contributed by atoms with van der Waals surface area (Å²) in [4.78, 5) is 22.0. The van der Waals surface area contributed by atoms with Crippen LogP contribution in [0.4, 0.5) is 29.3 Å². The highest BCUT2D eigenvalue weighted by molar-refractivity contribution is 5.83. The van der Waals surface area contributed by atoms with E-state index in [-0.39, 0.29) is 34.7 Å². The summed E-state index contributed by atoms with van der Waals surface area (Å²) in [5.74, 6) is -0.515. The van der Waals surface area contributed by atoms with E-state index in [1.54, 1.807) is 6.20 Å². The molecule has 2 fully saturated rings. The maximum Gasteiger partial charge on any atom is 0.259 e. The zero-order valence-corrected chi connectivity index (χ0v) is 23.3. The van der Waals surface area contributed by atoms with Crippen LogP contribution in [0.5, 0.6) is 0 Å². The van der Waals surface area contributed by atoms with Gasteiger partial charge in [0.1, 0.15) is 22.9 Å². The van der Waals surface area contributed by atoms with Gasteiger partial charge in [-0.3, -0.25) is 4.90 Å². The molecule has 3 aliphatic rings. The second-order valence-corrected chi connectivity index (χ2v) is 11.8. The van der Waals surface area contributed by atoms with Gasteiger partial charge < -0.3 is 14.8 Å². The third-order valence-corrected chi connectivity index (χ3v) is 9.08. The van der Waals surface area contributed by atoms with Crippen molar-refractivity contribution in [3.05, 3.63) is 59.7 Å². The van der Waals surface area contributed by atoms with E-state index in [1.165, 1.54) is 36.6 Å². The van der Waals surface area contributed by atoms with Gasteiger partial charge in [0, 0.05) is 37.8 Å². The first-order valence-corrected chi connectivity index (χ1v) is 14.5. The minimum atomic E-state index is -2.62. The SMILES string of the molecule is CCN1CCC2(CC1)CN(Cc1ccc(Nc3ncc(F)c(-c4cc(F)c5nc6n(c5c4)[C@H](C(F)F)CC6)n3)nc1)C2. The molecule has 6 heterocycles. The summed E-state index contributed by atoms with van der Waals surface area (Å²) in [6, 6.07) is 5.31. The van der Waals surface area contributed by atoms with Crippen LogP contribution in [0.15, 0.2) is 36.7 Å². The molecule has 12 heteroatoms. The van der Waals surface area contributed by atoms with E-state index >= 15 is 4.39 Å². The lowest BCUT2D eigenvalue weighted by Crippen LogP contribution is -2.59. The molecular weight excluding hydrogens is 548 g/mol. The van der Waals surface area contributed by atoms with Crippen molar-refractivity contribution < 1.29 is 17.6 Å². The van der Waals surface area contributed by atoms with Gasteiger partial charge in [-0.25, -0.2) is 37.5 Å². The van der Waals surface area contributed by atoms with Crippen molar-refractivity contribution in [2.24, 2.45) is 5.41 Å². The lowest BCUT2D eigenvalue weighted by molar-refractivity contribution is -0.0502. The molecule has 220 valence electrons. The van der Waals surface area contributed by atoms with E-state index in [2.05, 4.69) is 42.0 Å². The van der Waals surface area contributed by atoms with Gasteiger partial charge in [-0.1, -0.05) is 13.0 Å². The van der Waals surface area contributed by atoms with E-state index in [1.807, 2.05) is 12.1 Å². The van der Waals surface area contributed by atoms with E-state index in [0.29, 0.717) is 23.5 Å². The summed E-state index contributed by atoms with van der Waals surface area (Å²) < 4.78 is 58.5. The number of hydrogen-bond acceptors (Lipinski definition) is 7. The second kappa shape index (κ2) is 10.6. The highest BCUT2D eigenvalue weighted by Gasteiger charge is 2.44. The molecule has 0 amide bonds. The summed E-state index contributed by atoms with van der Waals surface area (Å²) in [7, 11) is 0. The first-order chi connectivity index (χ1) is 20.3. The summed E-state index contributed by atoms with van der Waals surface area (Å²) in [6.45, 7) is 8.80. The Morgan fingerprint density at radius 3 is 2.52 bits per heavy atom. The summed E-state index contributed by atoms with van der Waals surface area (Å²) in [5, 5.41) is 2.99. The van der Waals surface area contributed by atoms with Crippen molar-refractivity contribution in [3.63, 3.8) is 0 Å². The fraction of sp³-hybridized carbons (Fsp3) is 0.467. The quantitative estimate of drug-likeness (QED) is 0.286. The predicted molar refractivity (Wildman–Crippen MR) is 151 cm³/mol. The second-order valence-electron chi connectivity index (χ2n) is 11.8. The number of pyridine rings is 1. The fourth-order valence-electron chi connectivity index (χ4n) is 6.80. The number of aryl methyl sites for hydroxylation is 1. The topological polar surface area (TPSA) is 75.0 Å². The van der Waals surface area contributed by atoms with Crippen LogP contribution in [-0.2, 0) is 13.0 Å². The maximum absolute atomic E-state index is 15.0. The van der Waals surface area contributed by atoms with Crippen LogP contribution in [0.2, 0.25) is 0 Å². The number of hydrogen-bond donors (Lipinski definition) is 1. The maximum atomic E-state index is 15.0. The molecule has 1 spiro atoms. The molecular formula is C30H32F4N8. The molecule has 8 nitrogen and oxygen atoms in total. The highest BCUT2D eigenvalue weighted by Crippen LogP contribution is 2.41. The molecule has 2 saturated heterocycles. The standard InChI is InChI=1S/C30H32F4N8/c1-2-40-9-7-30(8-10-40)16-41(17-30)15-18-3-5-24(35-13-18)37-29-36-14-21(32)26(39-29)19-11-20(31)27-23(12-19)42-22(28(33)34)4-6-25(42)38-27/h3,5,11-14,22,28H,2,4,6-10,15-17H2,1H3,(H,35,36,37,39)/t22-/m0/s1. The normalized spacial score (nSPS) is 20.4. The van der Waals surface area contributed by atoms with E-state index in [4.69, 9.17) is 0 Å². The minimum absolute atomic E-state index is 0.00789. The van der Waals surface area contributed by atoms with Crippen molar-refractivity contribution >= 4 is 22.8 Å². The smallest absolute Gasteiger partial charge is 0.259 e. The van der Waals surface area contributed by atoms with Crippen LogP contribution in [-0.4, -0.2) is 73.5 Å². The Morgan fingerprint density at radius 2 is 1.81 bits per heavy atom. The Labute approximate surface area is 240 Å². The van der Waals surface area contributed by atoms with Gasteiger partial charge >= 0.3 is 0 Å². The molecule has 1 aromatic carbocycles. The lowest BCUT2D eigenvalue weighted by Gasteiger charge is -2.54. The molecule has 1 atom stereocenters. The molecule has 42 heavy (non-hydrogen) atoms. The number of aromatic nitrogens is 5. The average molecular weight is 581 g/mol. The minimum Gasteiger partial charge on any atom is -0.319 e. The molecule has 0 unspecified atom stereocenters. The first-order valence-electron chi connectivity index (χ1n) is 14.5. The van der Waals surface area contributed by atoms with Gasteiger partial charge in [0.15, 0.2) is 11.6 Å². The first kappa shape index (κ1) is 27.2. The largest absolute Gasteiger partial charge is 0.319 e. The van der Waals surface area contributed by atoms with Crippen molar-refractivity contribution in [1.29, 1.82) is 0 Å². The third-order valence-electron chi connectivity index (χ3n) is 9.08. The van der Waals surface area contributed by atoms with Crippen molar-refractivity contribution in [3.8, 4) is 11.3 Å². The van der Waals surface area contributed by atoms with E-state index in [9.17, 15) is 13.2 Å². The summed E-state index contributed by atoms with van der Waals surface area (Å²) in [6.07, 6.45) is 3.26. The lowest BCUT2D eigenvalue weighted by atomic mass is 9.72. The Kier molecular flexibility index (Phi) is 6.85. The van der Waals surface area contributed by atoms with Gasteiger partial charge in [0.2, 0.25) is 5.95 Å². The van der Waals surface area contributed by atoms with Crippen molar-refractivity contribution in [1.82, 2.24) is 34.3 Å². The number of anilines is 2. The van der Waals surface area contributed by atoms with Crippen molar-refractivity contribution in [2.45, 2.75) is 51.6 Å². The number of nitrogens with zero attached hydrogens (tertiary/aromatic N) is 7. The van der Waals surface area contributed by atoms with Crippen LogP contribution >= 0.6 is 0 Å². The number of likely N-dealkylation sites (tertiary alicyclic amines) is 2. The zero-order chi connectivity index (χ0) is 29.0. The molecule has 0 aliphatic carbocycles. The van der Waals surface area contributed by atoms with Crippen LogP contribution in [0.3, 0.4) is 0 Å². The number of imidazole rings is 1. The van der Waals surface area contributed by atoms with E-state index in [0.717, 1.165) is 44.0 Å². The molecule has 3 aromatic heterocycles. The third kappa shape index (κ3) is 4.90. The number of fused-ring (bicyclic) bond motifs is 3. The number of rotatable bonds is 7. The van der Waals surface area contributed by atoms with Gasteiger partial charge in [-0.05, 0) is 68.1 Å². The Hall–Kier alpha value is -3.64. The predicted octanol–water partition coefficient (Wildman–Crippen LogP) is 5.58. The van der Waals surface area contributed by atoms with Crippen LogP contribution in [0.25, 0.3) is 22.3 Å². The van der Waals surface area contributed by atoms with Gasteiger partial charge in [-0.15, -0.1) is 0 Å². The zero-order valence-electron chi connectivity index (χ0n) is 23.3. The van der Waals surface area contributed by atoms with Crippen LogP contribution in [0.1, 0.15) is 43.6 Å². The number of piperidine rings is 1. The van der Waals surface area contributed by atoms with Crippen LogP contribution in [0, 0.1) is 17.0 Å². The molecule has 7 rings (SSSR count). The number of benzene rings is 1. The monoisotopic (exact) mass is 580 g/mol. The molecule has 0 saturated carbocycles.